The molecule has 82 valence electrons. The molecule has 0 radical (unpaired) electrons. The van der Waals surface area contributed by atoms with Gasteiger partial charge in [-0.3, -0.25) is 9.78 Å². The molecule has 1 N–H and O–H groups in total. The summed E-state index contributed by atoms with van der Waals surface area (Å²) in [6, 6.07) is 3.62. The van der Waals surface area contributed by atoms with Crippen LogP contribution in [0.25, 0.3) is 0 Å². The van der Waals surface area contributed by atoms with Crippen LogP contribution in [0, 0.1) is 0 Å². The zero-order chi connectivity index (χ0) is 11.3. The van der Waals surface area contributed by atoms with Gasteiger partial charge in [0.2, 0.25) is 0 Å². The van der Waals surface area contributed by atoms with Crippen molar-refractivity contribution in [1.29, 1.82) is 0 Å². The van der Waals surface area contributed by atoms with Gasteiger partial charge in [0.15, 0.2) is 5.78 Å². The number of nitrogens with zero attached hydrogens (tertiary/aromatic N) is 1. The van der Waals surface area contributed by atoms with Crippen molar-refractivity contribution in [3.8, 4) is 0 Å². The summed E-state index contributed by atoms with van der Waals surface area (Å²) in [5.41, 5.74) is 0.495. The van der Waals surface area contributed by atoms with Crippen LogP contribution in [0.3, 0.4) is 0 Å². The minimum absolute atomic E-state index is 0.0186. The molecule has 1 aromatic heterocycles. The van der Waals surface area contributed by atoms with Gasteiger partial charge in [-0.25, -0.2) is 0 Å². The second-order valence-electron chi connectivity index (χ2n) is 3.38. The molecule has 0 aliphatic carbocycles. The smallest absolute Gasteiger partial charge is 0.178 e. The Kier molecular flexibility index (Phi) is 4.78. The van der Waals surface area contributed by atoms with Gasteiger partial charge in [-0.05, 0) is 18.6 Å². The predicted octanol–water partition coefficient (Wildman–Crippen LogP) is 2.15. The first-order valence-electron chi connectivity index (χ1n) is 4.88. The number of aromatic nitrogens is 1. The SMILES string of the molecule is CC(=O)c1ccc(SC(C)CCO)cn1. The third kappa shape index (κ3) is 4.01. The molecule has 1 unspecified atom stereocenters. The molecule has 4 heteroatoms. The number of rotatable bonds is 5. The Balaban J connectivity index is 2.60. The summed E-state index contributed by atoms with van der Waals surface area (Å²) in [5.74, 6) is -0.0186. The number of Topliss-reactive ketones (excluding diaryl/α,β-unsaturated/α-hetero) is 1. The molecule has 1 atom stereocenters. The van der Waals surface area contributed by atoms with Crippen LogP contribution >= 0.6 is 11.8 Å². The number of hydrogen-bond donors (Lipinski definition) is 1. The van der Waals surface area contributed by atoms with E-state index in [1.54, 1.807) is 24.0 Å². The Bertz CT molecular complexity index is 324. The van der Waals surface area contributed by atoms with Crippen molar-refractivity contribution >= 4 is 17.5 Å². The number of thioether (sulfide) groups is 1. The largest absolute Gasteiger partial charge is 0.396 e. The van der Waals surface area contributed by atoms with Crippen molar-refractivity contribution in [2.45, 2.75) is 30.4 Å². The maximum Gasteiger partial charge on any atom is 0.178 e. The highest BCUT2D eigenvalue weighted by atomic mass is 32.2. The minimum atomic E-state index is -0.0186. The normalized spacial score (nSPS) is 12.5. The Hall–Kier alpha value is -0.870. The highest BCUT2D eigenvalue weighted by molar-refractivity contribution is 7.99. The zero-order valence-corrected chi connectivity index (χ0v) is 9.75. The maximum atomic E-state index is 11.0. The van der Waals surface area contributed by atoms with Crippen LogP contribution in [0.5, 0.6) is 0 Å². The van der Waals surface area contributed by atoms with E-state index in [1.807, 2.05) is 6.07 Å². The molecule has 15 heavy (non-hydrogen) atoms. The number of aliphatic hydroxyl groups excluding tert-OH is 1. The molecule has 0 aromatic carbocycles. The number of hydrogen-bond acceptors (Lipinski definition) is 4. The molecular formula is C11H15NO2S. The van der Waals surface area contributed by atoms with Crippen molar-refractivity contribution in [3.05, 3.63) is 24.0 Å². The van der Waals surface area contributed by atoms with Gasteiger partial charge in [0.05, 0.1) is 0 Å². The van der Waals surface area contributed by atoms with Gasteiger partial charge in [-0.1, -0.05) is 6.92 Å². The van der Waals surface area contributed by atoms with E-state index in [9.17, 15) is 4.79 Å². The van der Waals surface area contributed by atoms with Gasteiger partial charge in [-0.2, -0.15) is 0 Å². The van der Waals surface area contributed by atoms with Crippen LogP contribution in [0.1, 0.15) is 30.8 Å². The zero-order valence-electron chi connectivity index (χ0n) is 8.93. The molecule has 0 aliphatic heterocycles. The third-order valence-electron chi connectivity index (χ3n) is 1.97. The van der Waals surface area contributed by atoms with Crippen molar-refractivity contribution in [2.75, 3.05) is 6.61 Å². The fourth-order valence-electron chi connectivity index (χ4n) is 1.13. The third-order valence-corrected chi connectivity index (χ3v) is 3.12. The predicted molar refractivity (Wildman–Crippen MR) is 61.3 cm³/mol. The van der Waals surface area contributed by atoms with Crippen LogP contribution < -0.4 is 0 Å². The summed E-state index contributed by atoms with van der Waals surface area (Å²) in [4.78, 5) is 16.1. The van der Waals surface area contributed by atoms with Crippen molar-refractivity contribution < 1.29 is 9.90 Å². The molecule has 1 aromatic rings. The lowest BCUT2D eigenvalue weighted by molar-refractivity contribution is 0.101. The minimum Gasteiger partial charge on any atom is -0.396 e. The second kappa shape index (κ2) is 5.88. The lowest BCUT2D eigenvalue weighted by Crippen LogP contribution is -2.00. The van der Waals surface area contributed by atoms with Crippen molar-refractivity contribution in [2.24, 2.45) is 0 Å². The molecule has 1 rings (SSSR count). The van der Waals surface area contributed by atoms with Crippen molar-refractivity contribution in [1.82, 2.24) is 4.98 Å². The Morgan fingerprint density at radius 1 is 1.60 bits per heavy atom. The Morgan fingerprint density at radius 2 is 2.33 bits per heavy atom. The van der Waals surface area contributed by atoms with E-state index in [0.29, 0.717) is 10.9 Å². The molecule has 0 spiro atoms. The van der Waals surface area contributed by atoms with E-state index in [1.165, 1.54) is 6.92 Å². The van der Waals surface area contributed by atoms with Gasteiger partial charge in [0.25, 0.3) is 0 Å². The van der Waals surface area contributed by atoms with E-state index in [-0.39, 0.29) is 12.4 Å². The van der Waals surface area contributed by atoms with Crippen LogP contribution in [0.15, 0.2) is 23.2 Å². The monoisotopic (exact) mass is 225 g/mol. The topological polar surface area (TPSA) is 50.2 Å². The van der Waals surface area contributed by atoms with Crippen LogP contribution in [-0.2, 0) is 0 Å². The molecule has 0 bridgehead atoms. The molecular weight excluding hydrogens is 210 g/mol. The summed E-state index contributed by atoms with van der Waals surface area (Å²) < 4.78 is 0. The van der Waals surface area contributed by atoms with Crippen LogP contribution in [-0.4, -0.2) is 27.7 Å². The molecule has 0 amide bonds. The van der Waals surface area contributed by atoms with E-state index in [0.717, 1.165) is 11.3 Å². The molecule has 3 nitrogen and oxygen atoms in total. The van der Waals surface area contributed by atoms with Crippen LogP contribution in [0.4, 0.5) is 0 Å². The first-order chi connectivity index (χ1) is 7.13. The average Bonchev–Trinajstić information content (AvgIpc) is 2.18. The maximum absolute atomic E-state index is 11.0. The van der Waals surface area contributed by atoms with Gasteiger partial charge in [0, 0.05) is 29.9 Å². The van der Waals surface area contributed by atoms with Crippen molar-refractivity contribution in [3.63, 3.8) is 0 Å². The molecule has 1 heterocycles. The van der Waals surface area contributed by atoms with E-state index >= 15 is 0 Å². The second-order valence-corrected chi connectivity index (χ2v) is 4.89. The lowest BCUT2D eigenvalue weighted by Gasteiger charge is -2.08. The number of ketones is 1. The van der Waals surface area contributed by atoms with E-state index in [2.05, 4.69) is 11.9 Å². The summed E-state index contributed by atoms with van der Waals surface area (Å²) in [7, 11) is 0. The first kappa shape index (κ1) is 12.2. The lowest BCUT2D eigenvalue weighted by atomic mass is 10.3. The number of pyridine rings is 1. The number of carbonyl (C=O) groups is 1. The highest BCUT2D eigenvalue weighted by Gasteiger charge is 2.05. The summed E-state index contributed by atoms with van der Waals surface area (Å²) >= 11 is 1.65. The fourth-order valence-corrected chi connectivity index (χ4v) is 2.08. The summed E-state index contributed by atoms with van der Waals surface area (Å²) in [5, 5.41) is 9.12. The molecule has 0 aliphatic rings. The summed E-state index contributed by atoms with van der Waals surface area (Å²) in [6.07, 6.45) is 2.47. The fraction of sp³-hybridized carbons (Fsp3) is 0.455. The van der Waals surface area contributed by atoms with Crippen LogP contribution in [0.2, 0.25) is 0 Å². The van der Waals surface area contributed by atoms with E-state index < -0.39 is 0 Å². The quantitative estimate of drug-likeness (QED) is 0.616. The Morgan fingerprint density at radius 3 is 2.80 bits per heavy atom. The average molecular weight is 225 g/mol. The number of carbonyl (C=O) groups excluding carboxylic acids is 1. The molecule has 0 saturated heterocycles. The Labute approximate surface area is 93.9 Å². The van der Waals surface area contributed by atoms with Gasteiger partial charge < -0.3 is 5.11 Å². The van der Waals surface area contributed by atoms with E-state index in [4.69, 9.17) is 5.11 Å². The molecule has 0 fully saturated rings. The van der Waals surface area contributed by atoms with Gasteiger partial charge in [-0.15, -0.1) is 11.8 Å². The van der Waals surface area contributed by atoms with Gasteiger partial charge >= 0.3 is 0 Å². The highest BCUT2D eigenvalue weighted by Crippen LogP contribution is 2.24. The standard InChI is InChI=1S/C11H15NO2S/c1-8(5-6-13)15-10-3-4-11(9(2)14)12-7-10/h3-4,7-8,13H,5-6H2,1-2H3. The van der Waals surface area contributed by atoms with Gasteiger partial charge in [0.1, 0.15) is 5.69 Å². The number of aliphatic hydroxyl groups is 1. The summed E-state index contributed by atoms with van der Waals surface area (Å²) in [6.45, 7) is 3.76. The first-order valence-corrected chi connectivity index (χ1v) is 5.76. The molecule has 0 saturated carbocycles.